The van der Waals surface area contributed by atoms with Gasteiger partial charge in [0.05, 0.1) is 0 Å². The summed E-state index contributed by atoms with van der Waals surface area (Å²) in [4.78, 5) is 2.50. The summed E-state index contributed by atoms with van der Waals surface area (Å²) < 4.78 is 0. The van der Waals surface area contributed by atoms with Crippen LogP contribution in [0.15, 0.2) is 0 Å². The molecule has 1 aliphatic heterocycles. The SMILES string of the molecule is CCCN1CC(NC(C)C)C1. The van der Waals surface area contributed by atoms with Crippen molar-refractivity contribution in [1.29, 1.82) is 0 Å². The minimum absolute atomic E-state index is 0.642. The molecule has 2 heteroatoms. The lowest BCUT2D eigenvalue weighted by atomic mass is 10.1. The van der Waals surface area contributed by atoms with E-state index in [4.69, 9.17) is 0 Å². The average molecular weight is 156 g/mol. The van der Waals surface area contributed by atoms with E-state index in [0.29, 0.717) is 6.04 Å². The molecule has 2 nitrogen and oxygen atoms in total. The Kier molecular flexibility index (Phi) is 3.34. The van der Waals surface area contributed by atoms with Crippen molar-refractivity contribution in [3.05, 3.63) is 0 Å². The maximum Gasteiger partial charge on any atom is 0.0324 e. The highest BCUT2D eigenvalue weighted by atomic mass is 15.2. The summed E-state index contributed by atoms with van der Waals surface area (Å²) in [5.74, 6) is 0. The number of nitrogens with one attached hydrogen (secondary N) is 1. The fraction of sp³-hybridized carbons (Fsp3) is 1.00. The minimum Gasteiger partial charge on any atom is -0.309 e. The maximum atomic E-state index is 3.53. The summed E-state index contributed by atoms with van der Waals surface area (Å²) in [6, 6.07) is 1.41. The first-order valence-electron chi connectivity index (χ1n) is 4.70. The third-order valence-electron chi connectivity index (χ3n) is 2.07. The molecule has 1 heterocycles. The zero-order valence-electron chi connectivity index (χ0n) is 7.93. The third-order valence-corrected chi connectivity index (χ3v) is 2.07. The maximum absolute atomic E-state index is 3.53. The van der Waals surface area contributed by atoms with Gasteiger partial charge in [-0.1, -0.05) is 20.8 Å². The van der Waals surface area contributed by atoms with E-state index in [2.05, 4.69) is 31.0 Å². The molecule has 0 aromatic rings. The van der Waals surface area contributed by atoms with Crippen LogP contribution in [-0.2, 0) is 0 Å². The molecule has 1 saturated heterocycles. The van der Waals surface area contributed by atoms with Gasteiger partial charge in [0, 0.05) is 25.2 Å². The van der Waals surface area contributed by atoms with Gasteiger partial charge in [-0.15, -0.1) is 0 Å². The molecule has 0 amide bonds. The predicted molar refractivity (Wildman–Crippen MR) is 48.8 cm³/mol. The van der Waals surface area contributed by atoms with Gasteiger partial charge in [-0.2, -0.15) is 0 Å². The second-order valence-electron chi connectivity index (χ2n) is 3.78. The molecule has 1 N–H and O–H groups in total. The molecule has 0 saturated carbocycles. The van der Waals surface area contributed by atoms with E-state index < -0.39 is 0 Å². The Bertz CT molecular complexity index is 106. The first-order chi connectivity index (χ1) is 5.22. The van der Waals surface area contributed by atoms with Crippen molar-refractivity contribution >= 4 is 0 Å². The molecule has 0 bridgehead atoms. The molecule has 0 aromatic heterocycles. The van der Waals surface area contributed by atoms with Gasteiger partial charge < -0.3 is 10.2 Å². The summed E-state index contributed by atoms with van der Waals surface area (Å²) in [6.07, 6.45) is 1.29. The predicted octanol–water partition coefficient (Wildman–Crippen LogP) is 1.08. The van der Waals surface area contributed by atoms with Crippen molar-refractivity contribution in [1.82, 2.24) is 10.2 Å². The van der Waals surface area contributed by atoms with Gasteiger partial charge in [0.2, 0.25) is 0 Å². The Morgan fingerprint density at radius 1 is 1.45 bits per heavy atom. The first kappa shape index (κ1) is 9.01. The van der Waals surface area contributed by atoms with Gasteiger partial charge in [0.25, 0.3) is 0 Å². The zero-order chi connectivity index (χ0) is 8.27. The third kappa shape index (κ3) is 2.80. The van der Waals surface area contributed by atoms with Crippen molar-refractivity contribution in [3.63, 3.8) is 0 Å². The highest BCUT2D eigenvalue weighted by Crippen LogP contribution is 2.08. The van der Waals surface area contributed by atoms with Gasteiger partial charge in [-0.25, -0.2) is 0 Å². The summed E-state index contributed by atoms with van der Waals surface area (Å²) >= 11 is 0. The van der Waals surface area contributed by atoms with Crippen molar-refractivity contribution in [2.45, 2.75) is 39.3 Å². The lowest BCUT2D eigenvalue weighted by molar-refractivity contribution is 0.121. The van der Waals surface area contributed by atoms with E-state index in [1.54, 1.807) is 0 Å². The summed E-state index contributed by atoms with van der Waals surface area (Å²) in [5, 5.41) is 3.53. The normalized spacial score (nSPS) is 20.7. The lowest BCUT2D eigenvalue weighted by Crippen LogP contribution is -2.59. The van der Waals surface area contributed by atoms with Crippen LogP contribution in [0.4, 0.5) is 0 Å². The molecule has 0 unspecified atom stereocenters. The van der Waals surface area contributed by atoms with Crippen LogP contribution in [0.25, 0.3) is 0 Å². The second kappa shape index (κ2) is 4.07. The van der Waals surface area contributed by atoms with Gasteiger partial charge in [0.1, 0.15) is 0 Å². The number of hydrogen-bond acceptors (Lipinski definition) is 2. The molecular formula is C9H20N2. The van der Waals surface area contributed by atoms with Crippen molar-refractivity contribution in [2.24, 2.45) is 0 Å². The Hall–Kier alpha value is -0.0800. The van der Waals surface area contributed by atoms with E-state index >= 15 is 0 Å². The largest absolute Gasteiger partial charge is 0.309 e. The fourth-order valence-electron chi connectivity index (χ4n) is 1.65. The van der Waals surface area contributed by atoms with E-state index in [9.17, 15) is 0 Å². The van der Waals surface area contributed by atoms with E-state index in [0.717, 1.165) is 6.04 Å². The zero-order valence-corrected chi connectivity index (χ0v) is 7.93. The number of rotatable bonds is 4. The summed E-state index contributed by atoms with van der Waals surface area (Å²) in [6.45, 7) is 10.4. The average Bonchev–Trinajstić information content (AvgIpc) is 1.82. The quantitative estimate of drug-likeness (QED) is 0.655. The van der Waals surface area contributed by atoms with Gasteiger partial charge in [-0.05, 0) is 13.0 Å². The summed E-state index contributed by atoms with van der Waals surface area (Å²) in [7, 11) is 0. The van der Waals surface area contributed by atoms with Crippen LogP contribution in [0.3, 0.4) is 0 Å². The van der Waals surface area contributed by atoms with Crippen LogP contribution in [0.1, 0.15) is 27.2 Å². The van der Waals surface area contributed by atoms with Crippen LogP contribution in [-0.4, -0.2) is 36.6 Å². The Morgan fingerprint density at radius 3 is 2.55 bits per heavy atom. The van der Waals surface area contributed by atoms with Gasteiger partial charge in [0.15, 0.2) is 0 Å². The van der Waals surface area contributed by atoms with Crippen LogP contribution >= 0.6 is 0 Å². The minimum atomic E-state index is 0.642. The topological polar surface area (TPSA) is 15.3 Å². The van der Waals surface area contributed by atoms with Crippen LogP contribution in [0.2, 0.25) is 0 Å². The molecule has 0 radical (unpaired) electrons. The van der Waals surface area contributed by atoms with E-state index in [1.165, 1.54) is 26.1 Å². The van der Waals surface area contributed by atoms with Gasteiger partial charge >= 0.3 is 0 Å². The highest BCUT2D eigenvalue weighted by Gasteiger charge is 2.25. The van der Waals surface area contributed by atoms with Crippen LogP contribution in [0, 0.1) is 0 Å². The molecule has 1 rings (SSSR count). The molecule has 1 aliphatic rings. The molecule has 0 spiro atoms. The smallest absolute Gasteiger partial charge is 0.0324 e. The molecule has 0 aliphatic carbocycles. The summed E-state index contributed by atoms with van der Waals surface area (Å²) in [5.41, 5.74) is 0. The van der Waals surface area contributed by atoms with Crippen LogP contribution < -0.4 is 5.32 Å². The molecule has 66 valence electrons. The highest BCUT2D eigenvalue weighted by molar-refractivity contribution is 4.86. The van der Waals surface area contributed by atoms with Crippen LogP contribution in [0.5, 0.6) is 0 Å². The van der Waals surface area contributed by atoms with E-state index in [-0.39, 0.29) is 0 Å². The van der Waals surface area contributed by atoms with Crippen molar-refractivity contribution in [3.8, 4) is 0 Å². The fourth-order valence-corrected chi connectivity index (χ4v) is 1.65. The lowest BCUT2D eigenvalue weighted by Gasteiger charge is -2.40. The molecule has 11 heavy (non-hydrogen) atoms. The Balaban J connectivity index is 2.00. The van der Waals surface area contributed by atoms with E-state index in [1.807, 2.05) is 0 Å². The molecule has 0 aromatic carbocycles. The number of likely N-dealkylation sites (tertiary alicyclic amines) is 1. The molecular weight excluding hydrogens is 136 g/mol. The monoisotopic (exact) mass is 156 g/mol. The number of hydrogen-bond donors (Lipinski definition) is 1. The number of nitrogens with zero attached hydrogens (tertiary/aromatic N) is 1. The van der Waals surface area contributed by atoms with Crippen molar-refractivity contribution < 1.29 is 0 Å². The second-order valence-corrected chi connectivity index (χ2v) is 3.78. The first-order valence-corrected chi connectivity index (χ1v) is 4.70. The molecule has 1 fully saturated rings. The Labute approximate surface area is 70.0 Å². The molecule has 0 atom stereocenters. The Morgan fingerprint density at radius 2 is 2.09 bits per heavy atom. The van der Waals surface area contributed by atoms with Crippen molar-refractivity contribution in [2.75, 3.05) is 19.6 Å². The van der Waals surface area contributed by atoms with Gasteiger partial charge in [-0.3, -0.25) is 0 Å². The standard InChI is InChI=1S/C9H20N2/c1-4-5-11-6-9(7-11)10-8(2)3/h8-10H,4-7H2,1-3H3.